The molecule has 1 aromatic heterocycles. The van der Waals surface area contributed by atoms with E-state index in [-0.39, 0.29) is 6.04 Å². The third kappa shape index (κ3) is 4.77. The van der Waals surface area contributed by atoms with Gasteiger partial charge in [0.1, 0.15) is 0 Å². The fourth-order valence-electron chi connectivity index (χ4n) is 2.70. The first kappa shape index (κ1) is 16.4. The first-order valence-electron chi connectivity index (χ1n) is 7.40. The largest absolute Gasteiger partial charge is 0.319 e. The highest BCUT2D eigenvalue weighted by Gasteiger charge is 2.28. The van der Waals surface area contributed by atoms with Crippen LogP contribution in [0.15, 0.2) is 18.5 Å². The zero-order chi connectivity index (χ0) is 15.3. The van der Waals surface area contributed by atoms with Gasteiger partial charge >= 0.3 is 0 Å². The van der Waals surface area contributed by atoms with Crippen molar-refractivity contribution in [1.82, 2.24) is 24.1 Å². The molecule has 1 saturated heterocycles. The van der Waals surface area contributed by atoms with Crippen molar-refractivity contribution in [3.63, 3.8) is 0 Å². The van der Waals surface area contributed by atoms with Gasteiger partial charge in [-0.2, -0.15) is 22.5 Å². The summed E-state index contributed by atoms with van der Waals surface area (Å²) in [5.74, 6) is 0.572. The number of nitrogens with zero attached hydrogens (tertiary/aromatic N) is 3. The lowest BCUT2D eigenvalue weighted by molar-refractivity contribution is 0.266. The fourth-order valence-corrected chi connectivity index (χ4v) is 4.12. The lowest BCUT2D eigenvalue weighted by atomic mass is 9.98. The van der Waals surface area contributed by atoms with E-state index in [0.29, 0.717) is 25.6 Å². The van der Waals surface area contributed by atoms with Gasteiger partial charge in [-0.1, -0.05) is 0 Å². The van der Waals surface area contributed by atoms with Crippen LogP contribution in [-0.4, -0.2) is 55.2 Å². The first-order valence-corrected chi connectivity index (χ1v) is 8.84. The van der Waals surface area contributed by atoms with Gasteiger partial charge in [-0.05, 0) is 45.3 Å². The van der Waals surface area contributed by atoms with Gasteiger partial charge in [-0.25, -0.2) is 0 Å². The van der Waals surface area contributed by atoms with Crippen molar-refractivity contribution in [3.8, 4) is 0 Å². The van der Waals surface area contributed by atoms with E-state index in [0.717, 1.165) is 19.4 Å². The SMILES string of the molecule is CNCC1CCN(S(=O)(=O)NC(C)Cn2cccn2)CC1. The van der Waals surface area contributed by atoms with Crippen molar-refractivity contribution in [2.45, 2.75) is 32.4 Å². The molecule has 1 atom stereocenters. The van der Waals surface area contributed by atoms with E-state index in [2.05, 4.69) is 15.1 Å². The molecule has 2 N–H and O–H groups in total. The summed E-state index contributed by atoms with van der Waals surface area (Å²) in [6, 6.07) is 1.64. The van der Waals surface area contributed by atoms with Crippen molar-refractivity contribution >= 4 is 10.2 Å². The van der Waals surface area contributed by atoms with Crippen LogP contribution in [0.5, 0.6) is 0 Å². The quantitative estimate of drug-likeness (QED) is 0.744. The maximum atomic E-state index is 12.4. The predicted molar refractivity (Wildman–Crippen MR) is 82.0 cm³/mol. The minimum atomic E-state index is -3.40. The second-order valence-electron chi connectivity index (χ2n) is 5.65. The number of piperidine rings is 1. The molecule has 1 aliphatic heterocycles. The Kier molecular flexibility index (Phi) is 5.74. The zero-order valence-corrected chi connectivity index (χ0v) is 13.5. The van der Waals surface area contributed by atoms with Gasteiger partial charge in [0.05, 0.1) is 6.54 Å². The summed E-state index contributed by atoms with van der Waals surface area (Å²) in [4.78, 5) is 0. The van der Waals surface area contributed by atoms with Gasteiger partial charge in [0.15, 0.2) is 0 Å². The summed E-state index contributed by atoms with van der Waals surface area (Å²) in [5.41, 5.74) is 0. The average Bonchev–Trinajstić information content (AvgIpc) is 2.92. The van der Waals surface area contributed by atoms with Gasteiger partial charge in [0.2, 0.25) is 0 Å². The molecule has 1 fully saturated rings. The van der Waals surface area contributed by atoms with Gasteiger partial charge in [-0.15, -0.1) is 0 Å². The van der Waals surface area contributed by atoms with E-state index in [1.807, 2.05) is 26.2 Å². The second kappa shape index (κ2) is 7.35. The summed E-state index contributed by atoms with van der Waals surface area (Å²) in [5, 5.41) is 7.25. The summed E-state index contributed by atoms with van der Waals surface area (Å²) < 4.78 is 30.7. The molecular formula is C13H25N5O2S. The third-order valence-corrected chi connectivity index (χ3v) is 5.52. The maximum Gasteiger partial charge on any atom is 0.279 e. The Morgan fingerprint density at radius 1 is 1.38 bits per heavy atom. The third-order valence-electron chi connectivity index (χ3n) is 3.78. The molecule has 7 nitrogen and oxygen atoms in total. The highest BCUT2D eigenvalue weighted by molar-refractivity contribution is 7.87. The minimum Gasteiger partial charge on any atom is -0.319 e. The smallest absolute Gasteiger partial charge is 0.279 e. The van der Waals surface area contributed by atoms with Crippen molar-refractivity contribution in [1.29, 1.82) is 0 Å². The highest BCUT2D eigenvalue weighted by Crippen LogP contribution is 2.18. The molecule has 1 aromatic rings. The van der Waals surface area contributed by atoms with Crippen LogP contribution in [-0.2, 0) is 16.8 Å². The molecule has 0 spiro atoms. The zero-order valence-electron chi connectivity index (χ0n) is 12.7. The summed E-state index contributed by atoms with van der Waals surface area (Å²) in [7, 11) is -1.47. The Balaban J connectivity index is 1.84. The molecular weight excluding hydrogens is 290 g/mol. The van der Waals surface area contributed by atoms with Crippen LogP contribution in [0.3, 0.4) is 0 Å². The minimum absolute atomic E-state index is 0.190. The van der Waals surface area contributed by atoms with Gasteiger partial charge in [0.25, 0.3) is 10.2 Å². The molecule has 120 valence electrons. The van der Waals surface area contributed by atoms with Crippen molar-refractivity contribution in [2.75, 3.05) is 26.7 Å². The molecule has 8 heteroatoms. The Morgan fingerprint density at radius 2 is 2.10 bits per heavy atom. The van der Waals surface area contributed by atoms with E-state index >= 15 is 0 Å². The number of rotatable bonds is 7. The van der Waals surface area contributed by atoms with E-state index in [1.165, 1.54) is 0 Å². The molecule has 2 rings (SSSR count). The number of hydrogen-bond acceptors (Lipinski definition) is 4. The summed E-state index contributed by atoms with van der Waals surface area (Å²) in [6.07, 6.45) is 5.34. The normalized spacial score (nSPS) is 19.7. The van der Waals surface area contributed by atoms with Gasteiger partial charge in [0, 0.05) is 31.5 Å². The standard InChI is InChI=1S/C13H25N5O2S/c1-12(11-17-7-3-6-15-17)16-21(19,20)18-8-4-13(5-9-18)10-14-2/h3,6-7,12-14,16H,4-5,8-11H2,1-2H3. The van der Waals surface area contributed by atoms with Crippen molar-refractivity contribution < 1.29 is 8.42 Å². The second-order valence-corrected chi connectivity index (χ2v) is 7.35. The summed E-state index contributed by atoms with van der Waals surface area (Å²) >= 11 is 0. The van der Waals surface area contributed by atoms with E-state index in [1.54, 1.807) is 15.2 Å². The molecule has 21 heavy (non-hydrogen) atoms. The number of nitrogens with one attached hydrogen (secondary N) is 2. The molecule has 2 heterocycles. The van der Waals surface area contributed by atoms with Crippen LogP contribution in [0.1, 0.15) is 19.8 Å². The topological polar surface area (TPSA) is 79.3 Å². The van der Waals surface area contributed by atoms with E-state index in [9.17, 15) is 8.42 Å². The Labute approximate surface area is 126 Å². The lowest BCUT2D eigenvalue weighted by Gasteiger charge is -2.32. The van der Waals surface area contributed by atoms with Crippen LogP contribution < -0.4 is 10.0 Å². The molecule has 0 saturated carbocycles. The Hall–Kier alpha value is -0.960. The van der Waals surface area contributed by atoms with Gasteiger partial charge < -0.3 is 5.32 Å². The first-order chi connectivity index (χ1) is 10.0. The van der Waals surface area contributed by atoms with Crippen LogP contribution in [0.25, 0.3) is 0 Å². The molecule has 1 unspecified atom stereocenters. The molecule has 0 amide bonds. The van der Waals surface area contributed by atoms with Crippen LogP contribution in [0.2, 0.25) is 0 Å². The lowest BCUT2D eigenvalue weighted by Crippen LogP contribution is -2.49. The van der Waals surface area contributed by atoms with Crippen LogP contribution in [0.4, 0.5) is 0 Å². The number of aromatic nitrogens is 2. The monoisotopic (exact) mass is 315 g/mol. The van der Waals surface area contributed by atoms with Crippen LogP contribution >= 0.6 is 0 Å². The Morgan fingerprint density at radius 3 is 2.67 bits per heavy atom. The predicted octanol–water partition coefficient (Wildman–Crippen LogP) is 0.0374. The molecule has 0 radical (unpaired) electrons. The van der Waals surface area contributed by atoms with E-state index < -0.39 is 10.2 Å². The van der Waals surface area contributed by atoms with Crippen LogP contribution in [0, 0.1) is 5.92 Å². The number of hydrogen-bond donors (Lipinski definition) is 2. The molecule has 1 aliphatic rings. The highest BCUT2D eigenvalue weighted by atomic mass is 32.2. The molecule has 0 bridgehead atoms. The van der Waals surface area contributed by atoms with Crippen molar-refractivity contribution in [2.24, 2.45) is 5.92 Å². The summed E-state index contributed by atoms with van der Waals surface area (Å²) in [6.45, 7) is 4.53. The molecule has 0 aromatic carbocycles. The average molecular weight is 315 g/mol. The molecule has 0 aliphatic carbocycles. The van der Waals surface area contributed by atoms with E-state index in [4.69, 9.17) is 0 Å². The Bertz CT molecular complexity index is 509. The van der Waals surface area contributed by atoms with Crippen molar-refractivity contribution in [3.05, 3.63) is 18.5 Å². The van der Waals surface area contributed by atoms with Gasteiger partial charge in [-0.3, -0.25) is 4.68 Å². The fraction of sp³-hybridized carbons (Fsp3) is 0.769. The maximum absolute atomic E-state index is 12.4.